The van der Waals surface area contributed by atoms with E-state index in [2.05, 4.69) is 5.32 Å². The Hall–Kier alpha value is -1.14. The number of benzene rings is 1. The molecule has 0 saturated heterocycles. The maximum atomic E-state index is 12.4. The van der Waals surface area contributed by atoms with E-state index in [1.165, 1.54) is 13.2 Å². The Morgan fingerprint density at radius 2 is 1.81 bits per heavy atom. The van der Waals surface area contributed by atoms with Crippen LogP contribution in [0.3, 0.4) is 0 Å². The summed E-state index contributed by atoms with van der Waals surface area (Å²) in [6, 6.07) is 2.99. The molecule has 1 N–H and O–H groups in total. The number of ether oxygens (including phenoxy) is 2. The van der Waals surface area contributed by atoms with Crippen molar-refractivity contribution in [2.24, 2.45) is 0 Å². The smallest absolute Gasteiger partial charge is 0.422 e. The number of halogens is 4. The van der Waals surface area contributed by atoms with Crippen LogP contribution in [0.4, 0.5) is 13.2 Å². The first-order chi connectivity index (χ1) is 9.52. The first-order valence-electron chi connectivity index (χ1n) is 6.33. The predicted molar refractivity (Wildman–Crippen MR) is 76.1 cm³/mol. The fourth-order valence-corrected chi connectivity index (χ4v) is 1.81. The molecule has 0 atom stereocenters. The van der Waals surface area contributed by atoms with Crippen LogP contribution in [0.2, 0.25) is 5.02 Å². The summed E-state index contributed by atoms with van der Waals surface area (Å²) in [5.41, 5.74) is 0.315. The van der Waals surface area contributed by atoms with Crippen LogP contribution in [0, 0.1) is 0 Å². The lowest BCUT2D eigenvalue weighted by molar-refractivity contribution is -0.153. The summed E-state index contributed by atoms with van der Waals surface area (Å²) < 4.78 is 47.0. The van der Waals surface area contributed by atoms with Crippen LogP contribution >= 0.6 is 11.6 Å². The normalized spacial score (nSPS) is 12.4. The molecule has 0 bridgehead atoms. The summed E-state index contributed by atoms with van der Waals surface area (Å²) in [5, 5.41) is 3.55. The van der Waals surface area contributed by atoms with Gasteiger partial charge in [0.05, 0.1) is 7.11 Å². The average Bonchev–Trinajstić information content (AvgIpc) is 2.32. The molecule has 0 unspecified atom stereocenters. The largest absolute Gasteiger partial charge is 0.493 e. The van der Waals surface area contributed by atoms with E-state index in [0.717, 1.165) is 0 Å². The molecule has 0 amide bonds. The van der Waals surface area contributed by atoms with Crippen molar-refractivity contribution >= 4 is 11.6 Å². The number of nitrogens with one attached hydrogen (secondary N) is 1. The SMILES string of the molecule is COc1cc(Cl)cc(CNC(C)(C)C)c1OCC(F)(F)F. The van der Waals surface area contributed by atoms with Gasteiger partial charge in [-0.25, -0.2) is 0 Å². The third-order valence-corrected chi connectivity index (χ3v) is 2.72. The van der Waals surface area contributed by atoms with E-state index < -0.39 is 12.8 Å². The molecule has 0 radical (unpaired) electrons. The van der Waals surface area contributed by atoms with Crippen LogP contribution in [0.25, 0.3) is 0 Å². The van der Waals surface area contributed by atoms with Gasteiger partial charge in [-0.05, 0) is 26.8 Å². The number of rotatable bonds is 5. The molecule has 0 aliphatic carbocycles. The van der Waals surface area contributed by atoms with E-state index in [1.807, 2.05) is 20.8 Å². The molecule has 0 saturated carbocycles. The number of alkyl halides is 3. The second-order valence-electron chi connectivity index (χ2n) is 5.60. The van der Waals surface area contributed by atoms with Crippen molar-refractivity contribution in [1.82, 2.24) is 5.32 Å². The summed E-state index contributed by atoms with van der Waals surface area (Å²) in [6.45, 7) is 4.78. The summed E-state index contributed by atoms with van der Waals surface area (Å²) in [6.07, 6.45) is -4.42. The molecule has 0 aromatic heterocycles. The zero-order valence-electron chi connectivity index (χ0n) is 12.4. The Morgan fingerprint density at radius 3 is 2.29 bits per heavy atom. The summed E-state index contributed by atoms with van der Waals surface area (Å²) in [4.78, 5) is 0. The van der Waals surface area contributed by atoms with Gasteiger partial charge < -0.3 is 14.8 Å². The van der Waals surface area contributed by atoms with Gasteiger partial charge in [0.25, 0.3) is 0 Å². The number of hydrogen-bond acceptors (Lipinski definition) is 3. The maximum Gasteiger partial charge on any atom is 0.422 e. The molecule has 0 fully saturated rings. The Kier molecular flexibility index (Phi) is 5.75. The van der Waals surface area contributed by atoms with Crippen molar-refractivity contribution in [2.45, 2.75) is 39.0 Å². The lowest BCUT2D eigenvalue weighted by Gasteiger charge is -2.23. The predicted octanol–water partition coefficient (Wildman–Crippen LogP) is 4.18. The molecule has 7 heteroatoms. The number of methoxy groups -OCH3 is 1. The molecule has 120 valence electrons. The quantitative estimate of drug-likeness (QED) is 0.881. The Balaban J connectivity index is 3.05. The molecular formula is C14H19ClF3NO2. The average molecular weight is 326 g/mol. The molecule has 0 aliphatic heterocycles. The highest BCUT2D eigenvalue weighted by Crippen LogP contribution is 2.36. The fraction of sp³-hybridized carbons (Fsp3) is 0.571. The van der Waals surface area contributed by atoms with Crippen LogP contribution in [0.15, 0.2) is 12.1 Å². The monoisotopic (exact) mass is 325 g/mol. The van der Waals surface area contributed by atoms with Crippen molar-refractivity contribution in [3.05, 3.63) is 22.7 Å². The third-order valence-electron chi connectivity index (χ3n) is 2.51. The molecule has 0 heterocycles. The minimum Gasteiger partial charge on any atom is -0.493 e. The van der Waals surface area contributed by atoms with Gasteiger partial charge >= 0.3 is 6.18 Å². The Morgan fingerprint density at radius 1 is 1.19 bits per heavy atom. The van der Waals surface area contributed by atoms with Crippen molar-refractivity contribution in [3.63, 3.8) is 0 Å². The van der Waals surface area contributed by atoms with E-state index in [9.17, 15) is 13.2 Å². The molecule has 1 aromatic rings. The van der Waals surface area contributed by atoms with Crippen LogP contribution < -0.4 is 14.8 Å². The van der Waals surface area contributed by atoms with Gasteiger partial charge in [0, 0.05) is 28.7 Å². The summed E-state index contributed by atoms with van der Waals surface area (Å²) in [7, 11) is 1.35. The second-order valence-corrected chi connectivity index (χ2v) is 6.04. The maximum absolute atomic E-state index is 12.4. The van der Waals surface area contributed by atoms with Crippen LogP contribution in [-0.2, 0) is 6.54 Å². The van der Waals surface area contributed by atoms with Crippen molar-refractivity contribution in [1.29, 1.82) is 0 Å². The highest BCUT2D eigenvalue weighted by atomic mass is 35.5. The van der Waals surface area contributed by atoms with Crippen LogP contribution in [-0.4, -0.2) is 25.4 Å². The van der Waals surface area contributed by atoms with Crippen LogP contribution in [0.1, 0.15) is 26.3 Å². The van der Waals surface area contributed by atoms with Crippen molar-refractivity contribution < 1.29 is 22.6 Å². The van der Waals surface area contributed by atoms with Gasteiger partial charge in [-0.2, -0.15) is 13.2 Å². The molecule has 21 heavy (non-hydrogen) atoms. The minimum atomic E-state index is -4.42. The second kappa shape index (κ2) is 6.75. The van der Waals surface area contributed by atoms with Gasteiger partial charge in [0.1, 0.15) is 0 Å². The molecule has 3 nitrogen and oxygen atoms in total. The van der Waals surface area contributed by atoms with Gasteiger partial charge in [0.15, 0.2) is 18.1 Å². The Labute approximate surface area is 127 Å². The zero-order chi connectivity index (χ0) is 16.3. The fourth-order valence-electron chi connectivity index (χ4n) is 1.58. The van der Waals surface area contributed by atoms with Crippen LogP contribution in [0.5, 0.6) is 11.5 Å². The minimum absolute atomic E-state index is 0.0518. The zero-order valence-corrected chi connectivity index (χ0v) is 13.2. The summed E-state index contributed by atoms with van der Waals surface area (Å²) in [5.74, 6) is 0.230. The highest BCUT2D eigenvalue weighted by Gasteiger charge is 2.29. The van der Waals surface area contributed by atoms with E-state index in [4.69, 9.17) is 21.1 Å². The first kappa shape index (κ1) is 17.9. The molecular weight excluding hydrogens is 307 g/mol. The number of hydrogen-bond donors (Lipinski definition) is 1. The Bertz CT molecular complexity index is 484. The van der Waals surface area contributed by atoms with Crippen molar-refractivity contribution in [2.75, 3.05) is 13.7 Å². The highest BCUT2D eigenvalue weighted by molar-refractivity contribution is 6.30. The van der Waals surface area contributed by atoms with Crippen molar-refractivity contribution in [3.8, 4) is 11.5 Å². The summed E-state index contributed by atoms with van der Waals surface area (Å²) >= 11 is 5.96. The molecule has 1 rings (SSSR count). The van der Waals surface area contributed by atoms with E-state index in [-0.39, 0.29) is 17.0 Å². The van der Waals surface area contributed by atoms with E-state index >= 15 is 0 Å². The molecule has 0 aliphatic rings. The standard InChI is InChI=1S/C14H19ClF3NO2/c1-13(2,3)19-7-9-5-10(15)6-11(20-4)12(9)21-8-14(16,17)18/h5-6,19H,7-8H2,1-4H3. The van der Waals surface area contributed by atoms with Gasteiger partial charge in [-0.3, -0.25) is 0 Å². The third kappa shape index (κ3) is 6.44. The van der Waals surface area contributed by atoms with E-state index in [1.54, 1.807) is 6.07 Å². The topological polar surface area (TPSA) is 30.5 Å². The molecule has 1 aromatic carbocycles. The van der Waals surface area contributed by atoms with E-state index in [0.29, 0.717) is 17.1 Å². The van der Waals surface area contributed by atoms with Gasteiger partial charge in [-0.1, -0.05) is 11.6 Å². The van der Waals surface area contributed by atoms with Gasteiger partial charge in [-0.15, -0.1) is 0 Å². The lowest BCUT2D eigenvalue weighted by atomic mass is 10.1. The first-order valence-corrected chi connectivity index (χ1v) is 6.70. The molecule has 0 spiro atoms. The van der Waals surface area contributed by atoms with Gasteiger partial charge in [0.2, 0.25) is 0 Å². The lowest BCUT2D eigenvalue weighted by Crippen LogP contribution is -2.35.